The molecule has 4 aromatic rings. The van der Waals surface area contributed by atoms with Crippen molar-refractivity contribution in [3.63, 3.8) is 0 Å². The summed E-state index contributed by atoms with van der Waals surface area (Å²) in [7, 11) is 1.80. The van der Waals surface area contributed by atoms with Gasteiger partial charge in [0.1, 0.15) is 17.5 Å². The van der Waals surface area contributed by atoms with E-state index in [1.807, 2.05) is 12.3 Å². The maximum absolute atomic E-state index is 12.8. The van der Waals surface area contributed by atoms with Crippen LogP contribution in [0.15, 0.2) is 54.9 Å². The first kappa shape index (κ1) is 18.5. The zero-order valence-electron chi connectivity index (χ0n) is 16.9. The zero-order valence-corrected chi connectivity index (χ0v) is 16.9. The SMILES string of the molecule is Cc1ccc(-c2ccc3c([C@@H]4CN(C(=O)c5ccn(C)n5)CCO4)nnn3c2)cc1. The zero-order chi connectivity index (χ0) is 20.7. The van der Waals surface area contributed by atoms with Crippen LogP contribution in [0, 0.1) is 6.92 Å². The molecule has 0 spiro atoms. The van der Waals surface area contributed by atoms with Gasteiger partial charge in [-0.15, -0.1) is 5.10 Å². The molecule has 3 aromatic heterocycles. The van der Waals surface area contributed by atoms with Crippen molar-refractivity contribution < 1.29 is 9.53 Å². The third-order valence-electron chi connectivity index (χ3n) is 5.42. The number of fused-ring (bicyclic) bond motifs is 1. The number of amides is 1. The molecule has 0 unspecified atom stereocenters. The molecular weight excluding hydrogens is 380 g/mol. The maximum atomic E-state index is 12.8. The molecule has 0 N–H and O–H groups in total. The van der Waals surface area contributed by atoms with Gasteiger partial charge in [0.25, 0.3) is 5.91 Å². The molecule has 1 aliphatic heterocycles. The Bertz CT molecular complexity index is 1210. The summed E-state index contributed by atoms with van der Waals surface area (Å²) in [6, 6.07) is 14.2. The van der Waals surface area contributed by atoms with E-state index in [0.717, 1.165) is 22.3 Å². The number of hydrogen-bond donors (Lipinski definition) is 0. The molecule has 0 aliphatic carbocycles. The molecule has 1 aliphatic rings. The lowest BCUT2D eigenvalue weighted by molar-refractivity contribution is -0.0243. The molecule has 0 saturated carbocycles. The van der Waals surface area contributed by atoms with Crippen molar-refractivity contribution in [1.82, 2.24) is 29.5 Å². The van der Waals surface area contributed by atoms with Crippen LogP contribution >= 0.6 is 0 Å². The molecule has 1 amide bonds. The van der Waals surface area contributed by atoms with Gasteiger partial charge in [0.05, 0.1) is 18.7 Å². The molecule has 5 rings (SSSR count). The van der Waals surface area contributed by atoms with Gasteiger partial charge in [0, 0.05) is 31.5 Å². The van der Waals surface area contributed by atoms with Crippen molar-refractivity contribution in [1.29, 1.82) is 0 Å². The lowest BCUT2D eigenvalue weighted by Gasteiger charge is -2.31. The molecule has 0 bridgehead atoms. The molecular formula is C22H22N6O2. The first-order chi connectivity index (χ1) is 14.6. The van der Waals surface area contributed by atoms with Crippen LogP contribution in [0.25, 0.3) is 16.6 Å². The second-order valence-corrected chi connectivity index (χ2v) is 7.57. The van der Waals surface area contributed by atoms with E-state index >= 15 is 0 Å². The highest BCUT2D eigenvalue weighted by Gasteiger charge is 2.30. The Kier molecular flexibility index (Phi) is 4.55. The Morgan fingerprint density at radius 2 is 1.90 bits per heavy atom. The molecule has 30 heavy (non-hydrogen) atoms. The number of aryl methyl sites for hydroxylation is 2. The summed E-state index contributed by atoms with van der Waals surface area (Å²) >= 11 is 0. The van der Waals surface area contributed by atoms with Crippen molar-refractivity contribution in [2.75, 3.05) is 19.7 Å². The fraction of sp³-hybridized carbons (Fsp3) is 0.273. The molecule has 4 heterocycles. The van der Waals surface area contributed by atoms with Crippen LogP contribution in [0.2, 0.25) is 0 Å². The number of carbonyl (C=O) groups is 1. The van der Waals surface area contributed by atoms with Gasteiger partial charge < -0.3 is 9.64 Å². The van der Waals surface area contributed by atoms with E-state index in [4.69, 9.17) is 4.74 Å². The van der Waals surface area contributed by atoms with Crippen LogP contribution in [0.3, 0.4) is 0 Å². The Hall–Kier alpha value is -3.52. The monoisotopic (exact) mass is 402 g/mol. The van der Waals surface area contributed by atoms with E-state index in [0.29, 0.717) is 25.4 Å². The smallest absolute Gasteiger partial charge is 0.274 e. The van der Waals surface area contributed by atoms with Crippen molar-refractivity contribution in [2.45, 2.75) is 13.0 Å². The Balaban J connectivity index is 1.40. The first-order valence-electron chi connectivity index (χ1n) is 9.91. The summed E-state index contributed by atoms with van der Waals surface area (Å²) in [5, 5.41) is 12.9. The Labute approximate surface area is 173 Å². The quantitative estimate of drug-likeness (QED) is 0.527. The fourth-order valence-electron chi connectivity index (χ4n) is 3.75. The number of hydrogen-bond acceptors (Lipinski definition) is 5. The normalized spacial score (nSPS) is 16.9. The molecule has 1 aromatic carbocycles. The molecule has 1 atom stereocenters. The maximum Gasteiger partial charge on any atom is 0.274 e. The van der Waals surface area contributed by atoms with E-state index in [1.54, 1.807) is 33.4 Å². The van der Waals surface area contributed by atoms with Gasteiger partial charge in [-0.25, -0.2) is 4.52 Å². The number of carbonyl (C=O) groups excluding carboxylic acids is 1. The highest BCUT2D eigenvalue weighted by Crippen LogP contribution is 2.27. The lowest BCUT2D eigenvalue weighted by Crippen LogP contribution is -2.42. The molecule has 8 heteroatoms. The average molecular weight is 402 g/mol. The van der Waals surface area contributed by atoms with Crippen LogP contribution in [-0.2, 0) is 11.8 Å². The number of pyridine rings is 1. The number of nitrogens with zero attached hydrogens (tertiary/aromatic N) is 6. The largest absolute Gasteiger partial charge is 0.368 e. The van der Waals surface area contributed by atoms with Gasteiger partial charge in [0.15, 0.2) is 0 Å². The number of rotatable bonds is 3. The van der Waals surface area contributed by atoms with Crippen LogP contribution in [0.1, 0.15) is 27.8 Å². The average Bonchev–Trinajstić information content (AvgIpc) is 3.39. The van der Waals surface area contributed by atoms with Crippen LogP contribution < -0.4 is 0 Å². The number of aromatic nitrogens is 5. The second-order valence-electron chi connectivity index (χ2n) is 7.57. The Morgan fingerprint density at radius 3 is 2.67 bits per heavy atom. The van der Waals surface area contributed by atoms with Crippen molar-refractivity contribution in [3.8, 4) is 11.1 Å². The third-order valence-corrected chi connectivity index (χ3v) is 5.42. The van der Waals surface area contributed by atoms with Crippen molar-refractivity contribution in [2.24, 2.45) is 7.05 Å². The minimum atomic E-state index is -0.325. The van der Waals surface area contributed by atoms with E-state index < -0.39 is 0 Å². The summed E-state index contributed by atoms with van der Waals surface area (Å²) in [5.74, 6) is -0.0953. The predicted octanol–water partition coefficient (Wildman–Crippen LogP) is 2.65. The molecule has 0 radical (unpaired) electrons. The third kappa shape index (κ3) is 3.35. The van der Waals surface area contributed by atoms with Gasteiger partial charge in [-0.3, -0.25) is 9.48 Å². The number of benzene rings is 1. The summed E-state index contributed by atoms with van der Waals surface area (Å²) < 4.78 is 9.34. The van der Waals surface area contributed by atoms with Crippen molar-refractivity contribution in [3.05, 3.63) is 71.8 Å². The Morgan fingerprint density at radius 1 is 1.10 bits per heavy atom. The molecule has 1 saturated heterocycles. The second kappa shape index (κ2) is 7.38. The topological polar surface area (TPSA) is 77.5 Å². The number of morpholine rings is 1. The summed E-state index contributed by atoms with van der Waals surface area (Å²) in [6.45, 7) is 3.47. The minimum Gasteiger partial charge on any atom is -0.368 e. The summed E-state index contributed by atoms with van der Waals surface area (Å²) in [4.78, 5) is 14.5. The standard InChI is InChI=1S/C22H22N6O2/c1-15-3-5-16(6-4-15)17-7-8-19-21(23-25-28(19)13-17)20-14-27(11-12-30-20)22(29)18-9-10-26(2)24-18/h3-10,13,20H,11-12,14H2,1-2H3/t20-/m0/s1. The predicted molar refractivity (Wildman–Crippen MR) is 111 cm³/mol. The van der Waals surface area contributed by atoms with Gasteiger partial charge in [-0.05, 0) is 24.6 Å². The van der Waals surface area contributed by atoms with Gasteiger partial charge >= 0.3 is 0 Å². The van der Waals surface area contributed by atoms with Crippen molar-refractivity contribution >= 4 is 11.4 Å². The van der Waals surface area contributed by atoms with Crippen LogP contribution in [0.4, 0.5) is 0 Å². The lowest BCUT2D eigenvalue weighted by atomic mass is 10.1. The number of ether oxygens (including phenoxy) is 1. The summed E-state index contributed by atoms with van der Waals surface area (Å²) in [6.07, 6.45) is 3.41. The van der Waals surface area contributed by atoms with E-state index in [-0.39, 0.29) is 12.0 Å². The van der Waals surface area contributed by atoms with Gasteiger partial charge in [-0.1, -0.05) is 41.1 Å². The fourth-order valence-corrected chi connectivity index (χ4v) is 3.75. The highest BCUT2D eigenvalue weighted by molar-refractivity contribution is 5.92. The van der Waals surface area contributed by atoms with E-state index in [1.165, 1.54) is 5.56 Å². The molecule has 1 fully saturated rings. The summed E-state index contributed by atoms with van der Waals surface area (Å²) in [5.41, 5.74) is 5.47. The molecule has 152 valence electrons. The van der Waals surface area contributed by atoms with E-state index in [2.05, 4.69) is 52.7 Å². The van der Waals surface area contributed by atoms with Gasteiger partial charge in [-0.2, -0.15) is 5.10 Å². The van der Waals surface area contributed by atoms with E-state index in [9.17, 15) is 4.79 Å². The van der Waals surface area contributed by atoms with Gasteiger partial charge in [0.2, 0.25) is 0 Å². The molecule has 8 nitrogen and oxygen atoms in total. The minimum absolute atomic E-state index is 0.0953. The first-order valence-corrected chi connectivity index (χ1v) is 9.91. The highest BCUT2D eigenvalue weighted by atomic mass is 16.5. The van der Waals surface area contributed by atoms with Crippen LogP contribution in [0.5, 0.6) is 0 Å². The van der Waals surface area contributed by atoms with Crippen LogP contribution in [-0.4, -0.2) is 55.1 Å².